The van der Waals surface area contributed by atoms with Gasteiger partial charge in [-0.2, -0.15) is 0 Å². The highest BCUT2D eigenvalue weighted by molar-refractivity contribution is 6.01. The van der Waals surface area contributed by atoms with Crippen LogP contribution in [0.2, 0.25) is 0 Å². The van der Waals surface area contributed by atoms with E-state index in [2.05, 4.69) is 10.6 Å². The fourth-order valence-corrected chi connectivity index (χ4v) is 3.86. The molecule has 0 aliphatic carbocycles. The molecule has 0 radical (unpaired) electrons. The van der Waals surface area contributed by atoms with Crippen molar-refractivity contribution in [2.45, 2.75) is 25.8 Å². The molecule has 0 bridgehead atoms. The minimum atomic E-state index is -0.684. The number of carbonyl (C=O) groups is 3. The van der Waals surface area contributed by atoms with Crippen molar-refractivity contribution in [1.82, 2.24) is 10.6 Å². The van der Waals surface area contributed by atoms with Crippen LogP contribution in [0.15, 0.2) is 48.5 Å². The van der Waals surface area contributed by atoms with E-state index in [0.29, 0.717) is 36.9 Å². The Balaban J connectivity index is 1.28. The number of fused-ring (bicyclic) bond motifs is 1. The highest BCUT2D eigenvalue weighted by atomic mass is 16.6. The monoisotopic (exact) mass is 437 g/mol. The molecule has 8 nitrogen and oxygen atoms in total. The van der Waals surface area contributed by atoms with Gasteiger partial charge in [-0.3, -0.25) is 14.4 Å². The number of hydrogen-bond donors (Lipinski definition) is 2. The molecule has 2 aromatic carbocycles. The van der Waals surface area contributed by atoms with Gasteiger partial charge in [-0.15, -0.1) is 0 Å². The molecule has 2 atom stereocenters. The van der Waals surface area contributed by atoms with Crippen molar-refractivity contribution in [2.24, 2.45) is 5.92 Å². The van der Waals surface area contributed by atoms with Crippen molar-refractivity contribution >= 4 is 23.4 Å². The van der Waals surface area contributed by atoms with Gasteiger partial charge in [0.25, 0.3) is 0 Å². The summed E-state index contributed by atoms with van der Waals surface area (Å²) in [5.74, 6) is 0.0340. The first-order valence-corrected chi connectivity index (χ1v) is 10.8. The second kappa shape index (κ2) is 9.72. The number of anilines is 1. The third-order valence-corrected chi connectivity index (χ3v) is 5.64. The molecular weight excluding hydrogens is 410 g/mol. The summed E-state index contributed by atoms with van der Waals surface area (Å²) in [7, 11) is 0. The zero-order valence-corrected chi connectivity index (χ0v) is 18.0. The molecule has 32 heavy (non-hydrogen) atoms. The van der Waals surface area contributed by atoms with Crippen LogP contribution in [0.3, 0.4) is 0 Å². The lowest BCUT2D eigenvalue weighted by Gasteiger charge is -2.22. The van der Waals surface area contributed by atoms with Crippen molar-refractivity contribution in [3.8, 4) is 11.5 Å². The highest BCUT2D eigenvalue weighted by Crippen LogP contribution is 2.36. The van der Waals surface area contributed by atoms with Crippen LogP contribution in [0.4, 0.5) is 5.69 Å². The van der Waals surface area contributed by atoms with Crippen molar-refractivity contribution in [1.29, 1.82) is 0 Å². The summed E-state index contributed by atoms with van der Waals surface area (Å²) in [6, 6.07) is 14.5. The Labute approximate surface area is 186 Å². The van der Waals surface area contributed by atoms with E-state index in [1.165, 1.54) is 0 Å². The van der Waals surface area contributed by atoms with Gasteiger partial charge in [0.2, 0.25) is 17.7 Å². The lowest BCUT2D eigenvalue weighted by molar-refractivity contribution is -0.130. The summed E-state index contributed by atoms with van der Waals surface area (Å²) < 4.78 is 11.1. The molecular formula is C24H27N3O5. The molecule has 2 heterocycles. The maximum atomic E-state index is 12.7. The lowest BCUT2D eigenvalue weighted by atomic mass is 10.1. The van der Waals surface area contributed by atoms with E-state index in [1.807, 2.05) is 30.3 Å². The molecule has 2 aromatic rings. The Kier molecular flexibility index (Phi) is 6.58. The zero-order valence-electron chi connectivity index (χ0n) is 18.0. The Hall–Kier alpha value is -3.55. The van der Waals surface area contributed by atoms with Crippen molar-refractivity contribution < 1.29 is 23.9 Å². The first-order valence-electron chi connectivity index (χ1n) is 10.8. The SMILES string of the molecule is C[C@H](NC(=O)[C@@H]1CC(=O)N(c2ccc3c(c2)OCCO3)C1)C(=O)NCCc1ccccc1. The Morgan fingerprint density at radius 3 is 2.62 bits per heavy atom. The highest BCUT2D eigenvalue weighted by Gasteiger charge is 2.36. The van der Waals surface area contributed by atoms with Crippen LogP contribution in [0.5, 0.6) is 11.5 Å². The molecule has 0 spiro atoms. The molecule has 4 rings (SSSR count). The Morgan fingerprint density at radius 2 is 1.84 bits per heavy atom. The average molecular weight is 437 g/mol. The number of carbonyl (C=O) groups excluding carboxylic acids is 3. The van der Waals surface area contributed by atoms with Gasteiger partial charge in [0.1, 0.15) is 19.3 Å². The van der Waals surface area contributed by atoms with E-state index >= 15 is 0 Å². The second-order valence-electron chi connectivity index (χ2n) is 7.99. The number of amides is 3. The number of ether oxygens (including phenoxy) is 2. The van der Waals surface area contributed by atoms with E-state index in [0.717, 1.165) is 12.0 Å². The van der Waals surface area contributed by atoms with E-state index in [1.54, 1.807) is 30.0 Å². The van der Waals surface area contributed by atoms with Crippen LogP contribution in [0.1, 0.15) is 18.9 Å². The number of nitrogens with zero attached hydrogens (tertiary/aromatic N) is 1. The average Bonchev–Trinajstić information content (AvgIpc) is 3.21. The van der Waals surface area contributed by atoms with Crippen LogP contribution in [-0.4, -0.2) is 50.1 Å². The normalized spacial score (nSPS) is 18.2. The standard InChI is InChI=1S/C24H27N3O5/c1-16(23(29)25-10-9-17-5-3-2-4-6-17)26-24(30)18-13-22(28)27(15-18)19-7-8-20-21(14-19)32-12-11-31-20/h2-8,14,16,18H,9-13,15H2,1H3,(H,25,29)(H,26,30)/t16-,18+/m0/s1. The fourth-order valence-electron chi connectivity index (χ4n) is 3.86. The minimum Gasteiger partial charge on any atom is -0.486 e. The summed E-state index contributed by atoms with van der Waals surface area (Å²) in [5.41, 5.74) is 1.80. The Bertz CT molecular complexity index is 994. The summed E-state index contributed by atoms with van der Waals surface area (Å²) >= 11 is 0. The third-order valence-electron chi connectivity index (χ3n) is 5.64. The van der Waals surface area contributed by atoms with Crippen LogP contribution < -0.4 is 25.0 Å². The van der Waals surface area contributed by atoms with Crippen LogP contribution in [0.25, 0.3) is 0 Å². The molecule has 1 saturated heterocycles. The Morgan fingerprint density at radius 1 is 1.09 bits per heavy atom. The molecule has 0 saturated carbocycles. The van der Waals surface area contributed by atoms with Gasteiger partial charge in [0.15, 0.2) is 11.5 Å². The molecule has 2 N–H and O–H groups in total. The summed E-state index contributed by atoms with van der Waals surface area (Å²) in [5, 5.41) is 5.58. The molecule has 168 valence electrons. The van der Waals surface area contributed by atoms with Crippen molar-refractivity contribution in [3.63, 3.8) is 0 Å². The number of rotatable bonds is 7. The molecule has 0 aromatic heterocycles. The van der Waals surface area contributed by atoms with Gasteiger partial charge in [-0.25, -0.2) is 0 Å². The number of hydrogen-bond acceptors (Lipinski definition) is 5. The van der Waals surface area contributed by atoms with E-state index in [9.17, 15) is 14.4 Å². The first-order chi connectivity index (χ1) is 15.5. The summed E-state index contributed by atoms with van der Waals surface area (Å²) in [6.45, 7) is 3.34. The summed E-state index contributed by atoms with van der Waals surface area (Å²) in [4.78, 5) is 39.2. The minimum absolute atomic E-state index is 0.0998. The topological polar surface area (TPSA) is 97.0 Å². The predicted molar refractivity (Wildman–Crippen MR) is 119 cm³/mol. The first kappa shape index (κ1) is 21.7. The van der Waals surface area contributed by atoms with Crippen molar-refractivity contribution in [2.75, 3.05) is 31.2 Å². The summed E-state index contributed by atoms with van der Waals surface area (Å²) in [6.07, 6.45) is 0.817. The predicted octanol–water partition coefficient (Wildman–Crippen LogP) is 1.67. The second-order valence-corrected chi connectivity index (χ2v) is 7.99. The van der Waals surface area contributed by atoms with Gasteiger partial charge in [-0.05, 0) is 31.0 Å². The van der Waals surface area contributed by atoms with Gasteiger partial charge in [-0.1, -0.05) is 30.3 Å². The maximum absolute atomic E-state index is 12.7. The number of nitrogens with one attached hydrogen (secondary N) is 2. The quantitative estimate of drug-likeness (QED) is 0.687. The van der Waals surface area contributed by atoms with Gasteiger partial charge in [0, 0.05) is 31.3 Å². The van der Waals surface area contributed by atoms with E-state index < -0.39 is 12.0 Å². The molecule has 3 amide bonds. The fraction of sp³-hybridized carbons (Fsp3) is 0.375. The van der Waals surface area contributed by atoms with Crippen LogP contribution in [-0.2, 0) is 20.8 Å². The lowest BCUT2D eigenvalue weighted by Crippen LogP contribution is -2.47. The van der Waals surface area contributed by atoms with E-state index in [-0.39, 0.29) is 30.7 Å². The largest absolute Gasteiger partial charge is 0.486 e. The van der Waals surface area contributed by atoms with Crippen LogP contribution in [0, 0.1) is 5.92 Å². The van der Waals surface area contributed by atoms with Gasteiger partial charge >= 0.3 is 0 Å². The maximum Gasteiger partial charge on any atom is 0.242 e. The van der Waals surface area contributed by atoms with Gasteiger partial charge in [0.05, 0.1) is 5.92 Å². The number of benzene rings is 2. The molecule has 1 fully saturated rings. The molecule has 0 unspecified atom stereocenters. The van der Waals surface area contributed by atoms with Crippen LogP contribution >= 0.6 is 0 Å². The molecule has 8 heteroatoms. The van der Waals surface area contributed by atoms with E-state index in [4.69, 9.17) is 9.47 Å². The smallest absolute Gasteiger partial charge is 0.242 e. The van der Waals surface area contributed by atoms with Gasteiger partial charge < -0.3 is 25.0 Å². The van der Waals surface area contributed by atoms with Crippen molar-refractivity contribution in [3.05, 3.63) is 54.1 Å². The molecule has 2 aliphatic rings. The zero-order chi connectivity index (χ0) is 22.5. The third kappa shape index (κ3) is 5.01. The molecule has 2 aliphatic heterocycles.